The average molecular weight is 419 g/mol. The van der Waals surface area contributed by atoms with E-state index in [9.17, 15) is 9.67 Å². The second kappa shape index (κ2) is 8.23. The third-order valence-corrected chi connectivity index (χ3v) is 10.7. The van der Waals surface area contributed by atoms with Gasteiger partial charge in [-0.1, -0.05) is 88.7 Å². The first-order valence-corrected chi connectivity index (χ1v) is 12.0. The van der Waals surface area contributed by atoms with Gasteiger partial charge in [0.25, 0.3) is 0 Å². The maximum absolute atomic E-state index is 13.3. The van der Waals surface area contributed by atoms with Crippen LogP contribution in [0.15, 0.2) is 89.4 Å². The molecule has 0 fully saturated rings. The molecule has 2 atom stereocenters. The zero-order valence-electron chi connectivity index (χ0n) is 12.8. The maximum Gasteiger partial charge on any atom is 0.136 e. The van der Waals surface area contributed by atoms with E-state index in [1.807, 2.05) is 84.9 Å². The summed E-state index contributed by atoms with van der Waals surface area (Å²) in [4.78, 5) is 0. The van der Waals surface area contributed by atoms with Crippen molar-refractivity contribution in [3.8, 4) is 0 Å². The molecular formula is C19H17BrO2P2. The SMILES string of the molecule is O=[PH](C(O)c1ccc(Br)cc1)P(c1ccccc1)c1ccccc1. The van der Waals surface area contributed by atoms with Crippen molar-refractivity contribution in [2.45, 2.75) is 5.85 Å². The fourth-order valence-corrected chi connectivity index (χ4v) is 8.80. The van der Waals surface area contributed by atoms with E-state index in [1.54, 1.807) is 0 Å². The summed E-state index contributed by atoms with van der Waals surface area (Å²) in [6.45, 7) is 0. The van der Waals surface area contributed by atoms with Gasteiger partial charge < -0.3 is 9.67 Å². The molecule has 0 amide bonds. The molecule has 0 saturated heterocycles. The Morgan fingerprint density at radius 2 is 1.25 bits per heavy atom. The van der Waals surface area contributed by atoms with Crippen molar-refractivity contribution in [2.24, 2.45) is 0 Å². The number of hydrogen-bond donors (Lipinski definition) is 1. The van der Waals surface area contributed by atoms with Crippen molar-refractivity contribution in [2.75, 3.05) is 0 Å². The highest BCUT2D eigenvalue weighted by Gasteiger charge is 2.27. The summed E-state index contributed by atoms with van der Waals surface area (Å²) in [5, 5.41) is 12.8. The molecule has 3 aromatic carbocycles. The Balaban J connectivity index is 1.99. The minimum absolute atomic E-state index is 0.696. The summed E-state index contributed by atoms with van der Waals surface area (Å²) in [7, 11) is -3.42. The van der Waals surface area contributed by atoms with Crippen molar-refractivity contribution in [3.63, 3.8) is 0 Å². The van der Waals surface area contributed by atoms with E-state index in [-0.39, 0.29) is 0 Å². The normalized spacial score (nSPS) is 13.6. The van der Waals surface area contributed by atoms with Gasteiger partial charge in [-0.2, -0.15) is 0 Å². The molecule has 3 rings (SSSR count). The molecule has 2 unspecified atom stereocenters. The lowest BCUT2D eigenvalue weighted by atomic mass is 10.2. The van der Waals surface area contributed by atoms with Crippen LogP contribution >= 0.6 is 31.0 Å². The fourth-order valence-electron chi connectivity index (χ4n) is 2.47. The van der Waals surface area contributed by atoms with E-state index in [0.717, 1.165) is 15.1 Å². The highest BCUT2D eigenvalue weighted by Crippen LogP contribution is 2.65. The van der Waals surface area contributed by atoms with Crippen LogP contribution < -0.4 is 10.6 Å². The van der Waals surface area contributed by atoms with Gasteiger partial charge in [0.1, 0.15) is 13.3 Å². The molecular weight excluding hydrogens is 402 g/mol. The quantitative estimate of drug-likeness (QED) is 0.588. The summed E-state index contributed by atoms with van der Waals surface area (Å²) < 4.78 is 14.2. The molecule has 3 aromatic rings. The van der Waals surface area contributed by atoms with Crippen LogP contribution in [0, 0.1) is 0 Å². The molecule has 1 N–H and O–H groups in total. The summed E-state index contributed by atoms with van der Waals surface area (Å²) >= 11 is 3.39. The monoisotopic (exact) mass is 418 g/mol. The van der Waals surface area contributed by atoms with Gasteiger partial charge in [-0.05, 0) is 28.3 Å². The van der Waals surface area contributed by atoms with Crippen LogP contribution in [-0.4, -0.2) is 5.11 Å². The van der Waals surface area contributed by atoms with Gasteiger partial charge in [0, 0.05) is 12.1 Å². The van der Waals surface area contributed by atoms with E-state index in [2.05, 4.69) is 15.9 Å². The number of aliphatic hydroxyl groups is 1. The minimum Gasteiger partial charge on any atom is -0.381 e. The number of hydrogen-bond acceptors (Lipinski definition) is 2. The highest BCUT2D eigenvalue weighted by molar-refractivity contribution is 9.10. The fraction of sp³-hybridized carbons (Fsp3) is 0.0526. The Hall–Kier alpha value is -1.24. The summed E-state index contributed by atoms with van der Waals surface area (Å²) in [6, 6.07) is 27.1. The van der Waals surface area contributed by atoms with E-state index in [4.69, 9.17) is 0 Å². The Labute approximate surface area is 152 Å². The van der Waals surface area contributed by atoms with Crippen LogP contribution in [0.25, 0.3) is 0 Å². The standard InChI is InChI=1S/C19H17BrO2P2/c20-16-13-11-15(12-14-16)19(21)24(22)23(17-7-3-1-4-8-17)18-9-5-2-6-10-18/h1-14,19,21,24H. The lowest BCUT2D eigenvalue weighted by Gasteiger charge is -2.22. The van der Waals surface area contributed by atoms with Crippen LogP contribution in [0.1, 0.15) is 11.4 Å². The molecule has 0 bridgehead atoms. The molecule has 0 aliphatic carbocycles. The molecule has 0 aliphatic heterocycles. The largest absolute Gasteiger partial charge is 0.381 e. The molecule has 5 heteroatoms. The van der Waals surface area contributed by atoms with Crippen LogP contribution in [0.5, 0.6) is 0 Å². The molecule has 122 valence electrons. The van der Waals surface area contributed by atoms with Gasteiger partial charge in [0.15, 0.2) is 0 Å². The molecule has 0 aliphatic rings. The minimum atomic E-state index is -2.32. The average Bonchev–Trinajstić information content (AvgIpc) is 2.64. The van der Waals surface area contributed by atoms with Gasteiger partial charge in [-0.15, -0.1) is 0 Å². The topological polar surface area (TPSA) is 37.3 Å². The molecule has 0 heterocycles. The van der Waals surface area contributed by atoms with Gasteiger partial charge in [0.05, 0.1) is 0 Å². The Morgan fingerprint density at radius 1 is 0.792 bits per heavy atom. The number of rotatable bonds is 5. The summed E-state index contributed by atoms with van der Waals surface area (Å²) in [6.07, 6.45) is 0. The molecule has 0 radical (unpaired) electrons. The summed E-state index contributed by atoms with van der Waals surface area (Å²) in [5.74, 6) is -0.949. The maximum atomic E-state index is 13.3. The Bertz CT molecular complexity index is 768. The lowest BCUT2D eigenvalue weighted by Crippen LogP contribution is -2.10. The van der Waals surface area contributed by atoms with Gasteiger partial charge in [-0.3, -0.25) is 0 Å². The number of benzene rings is 3. The highest BCUT2D eigenvalue weighted by atomic mass is 79.9. The molecule has 0 aromatic heterocycles. The smallest absolute Gasteiger partial charge is 0.136 e. The first-order chi connectivity index (χ1) is 11.7. The Kier molecular flexibility index (Phi) is 6.03. The lowest BCUT2D eigenvalue weighted by molar-refractivity contribution is 0.260. The van der Waals surface area contributed by atoms with Crippen LogP contribution in [0.2, 0.25) is 0 Å². The van der Waals surface area contributed by atoms with Crippen molar-refractivity contribution in [3.05, 3.63) is 95.0 Å². The summed E-state index contributed by atoms with van der Waals surface area (Å²) in [5.41, 5.74) is 0.696. The zero-order chi connectivity index (χ0) is 16.9. The predicted molar refractivity (Wildman–Crippen MR) is 107 cm³/mol. The molecule has 0 spiro atoms. The molecule has 0 saturated carbocycles. The molecule has 2 nitrogen and oxygen atoms in total. The molecule has 24 heavy (non-hydrogen) atoms. The van der Waals surface area contributed by atoms with E-state index in [0.29, 0.717) is 5.56 Å². The second-order valence-electron chi connectivity index (χ2n) is 5.30. The van der Waals surface area contributed by atoms with E-state index < -0.39 is 20.9 Å². The van der Waals surface area contributed by atoms with Crippen LogP contribution in [0.3, 0.4) is 0 Å². The second-order valence-corrected chi connectivity index (χ2v) is 11.8. The van der Waals surface area contributed by atoms with Crippen LogP contribution in [-0.2, 0) is 4.57 Å². The zero-order valence-corrected chi connectivity index (χ0v) is 16.3. The number of halogens is 1. The van der Waals surface area contributed by atoms with Gasteiger partial charge in [0.2, 0.25) is 0 Å². The third-order valence-electron chi connectivity index (χ3n) is 3.67. The van der Waals surface area contributed by atoms with Crippen LogP contribution in [0.4, 0.5) is 0 Å². The Morgan fingerprint density at radius 3 is 1.71 bits per heavy atom. The van der Waals surface area contributed by atoms with Crippen molar-refractivity contribution in [1.82, 2.24) is 0 Å². The van der Waals surface area contributed by atoms with E-state index in [1.165, 1.54) is 0 Å². The van der Waals surface area contributed by atoms with Gasteiger partial charge >= 0.3 is 0 Å². The van der Waals surface area contributed by atoms with Crippen molar-refractivity contribution in [1.29, 1.82) is 0 Å². The first-order valence-electron chi connectivity index (χ1n) is 7.54. The van der Waals surface area contributed by atoms with Gasteiger partial charge in [-0.25, -0.2) is 0 Å². The van der Waals surface area contributed by atoms with E-state index >= 15 is 0 Å². The first kappa shape index (κ1) is 17.6. The third kappa shape index (κ3) is 4.05. The van der Waals surface area contributed by atoms with Crippen molar-refractivity contribution < 1.29 is 9.67 Å². The van der Waals surface area contributed by atoms with Crippen molar-refractivity contribution >= 4 is 41.6 Å². The predicted octanol–water partition coefficient (Wildman–Crippen LogP) is 5.05. The number of aliphatic hydroxyl groups excluding tert-OH is 1.